The van der Waals surface area contributed by atoms with Crippen LogP contribution in [0.2, 0.25) is 0 Å². The first-order chi connectivity index (χ1) is 15.2. The molecule has 4 rings (SSSR count). The molecule has 0 atom stereocenters. The molecule has 0 radical (unpaired) electrons. The maximum absolute atomic E-state index is 12.8. The van der Waals surface area contributed by atoms with Crippen LogP contribution in [0.4, 0.5) is 0 Å². The lowest BCUT2D eigenvalue weighted by atomic mass is 9.73. The molecular formula is C29H39NO2. The number of benzene rings is 1. The lowest BCUT2D eigenvalue weighted by Gasteiger charge is -2.45. The summed E-state index contributed by atoms with van der Waals surface area (Å²) < 4.78 is 5.93. The Hall–Kier alpha value is -2.13. The van der Waals surface area contributed by atoms with E-state index >= 15 is 0 Å². The number of ether oxygens (including phenoxy) is 1. The van der Waals surface area contributed by atoms with Crippen molar-refractivity contribution in [3.8, 4) is 0 Å². The number of esters is 1. The topological polar surface area (TPSA) is 38.3 Å². The fourth-order valence-electron chi connectivity index (χ4n) is 6.15. The van der Waals surface area contributed by atoms with Gasteiger partial charge < -0.3 is 10.1 Å². The molecule has 1 aromatic rings. The van der Waals surface area contributed by atoms with Crippen LogP contribution in [0.3, 0.4) is 0 Å². The molecule has 3 nitrogen and oxygen atoms in total. The summed E-state index contributed by atoms with van der Waals surface area (Å²) in [4.78, 5) is 12.8. The highest BCUT2D eigenvalue weighted by molar-refractivity contribution is 5.89. The molecule has 0 unspecified atom stereocenters. The van der Waals surface area contributed by atoms with E-state index in [-0.39, 0.29) is 23.2 Å². The van der Waals surface area contributed by atoms with Gasteiger partial charge in [-0.05, 0) is 88.8 Å². The molecule has 172 valence electrons. The van der Waals surface area contributed by atoms with Crippen LogP contribution in [0.5, 0.6) is 0 Å². The van der Waals surface area contributed by atoms with E-state index in [1.54, 1.807) is 0 Å². The standard InChI is InChI=1S/C29H39NO2/c1-28(2)19-26(20-29(3,4)30-28)32-27(31)25-17-15-24(16-18-25)23-13-11-22(12-14-23)21-9-7-5-6-8-10-21/h5-10,15-18,21-23,26,30H,11-14,19-20H2,1-4H3. The van der Waals surface area contributed by atoms with E-state index in [1.807, 2.05) is 12.1 Å². The Morgan fingerprint density at radius 2 is 1.41 bits per heavy atom. The van der Waals surface area contributed by atoms with E-state index in [2.05, 4.69) is 81.6 Å². The van der Waals surface area contributed by atoms with Crippen LogP contribution in [-0.4, -0.2) is 23.2 Å². The summed E-state index contributed by atoms with van der Waals surface area (Å²) in [6, 6.07) is 8.22. The van der Waals surface area contributed by atoms with Crippen LogP contribution < -0.4 is 5.32 Å². The van der Waals surface area contributed by atoms with Crippen molar-refractivity contribution < 1.29 is 9.53 Å². The first-order valence-corrected chi connectivity index (χ1v) is 12.3. The molecule has 2 fully saturated rings. The summed E-state index contributed by atoms with van der Waals surface area (Å²) in [5.74, 6) is 1.71. The summed E-state index contributed by atoms with van der Waals surface area (Å²) in [5.41, 5.74) is 1.96. The average Bonchev–Trinajstić information content (AvgIpc) is 3.01. The van der Waals surface area contributed by atoms with Gasteiger partial charge in [0.15, 0.2) is 0 Å². The molecule has 2 aliphatic carbocycles. The van der Waals surface area contributed by atoms with Crippen LogP contribution in [0, 0.1) is 11.8 Å². The van der Waals surface area contributed by atoms with Crippen molar-refractivity contribution in [2.75, 3.05) is 0 Å². The van der Waals surface area contributed by atoms with Crippen molar-refractivity contribution in [3.05, 3.63) is 71.8 Å². The van der Waals surface area contributed by atoms with Gasteiger partial charge in [0.1, 0.15) is 6.10 Å². The number of rotatable bonds is 4. The third-order valence-electron chi connectivity index (χ3n) is 7.36. The smallest absolute Gasteiger partial charge is 0.338 e. The van der Waals surface area contributed by atoms with Gasteiger partial charge in [-0.15, -0.1) is 0 Å². The fourth-order valence-corrected chi connectivity index (χ4v) is 6.15. The number of allylic oxidation sites excluding steroid dienone is 6. The quantitative estimate of drug-likeness (QED) is 0.535. The molecule has 3 aliphatic rings. The summed E-state index contributed by atoms with van der Waals surface area (Å²) in [6.45, 7) is 8.71. The Morgan fingerprint density at radius 3 is 1.97 bits per heavy atom. The Kier molecular flexibility index (Phi) is 6.76. The molecule has 1 aromatic carbocycles. The molecule has 1 heterocycles. The van der Waals surface area contributed by atoms with Crippen molar-refractivity contribution >= 4 is 5.97 Å². The number of piperidine rings is 1. The van der Waals surface area contributed by atoms with Gasteiger partial charge in [0.05, 0.1) is 5.56 Å². The Balaban J connectivity index is 1.32. The molecule has 32 heavy (non-hydrogen) atoms. The van der Waals surface area contributed by atoms with E-state index in [4.69, 9.17) is 4.74 Å². The van der Waals surface area contributed by atoms with Crippen LogP contribution >= 0.6 is 0 Å². The summed E-state index contributed by atoms with van der Waals surface area (Å²) in [5, 5.41) is 3.64. The Labute approximate surface area is 194 Å². The minimum atomic E-state index is -0.195. The summed E-state index contributed by atoms with van der Waals surface area (Å²) >= 11 is 0. The molecule has 1 aliphatic heterocycles. The predicted octanol–water partition coefficient (Wildman–Crippen LogP) is 6.72. The van der Waals surface area contributed by atoms with Crippen molar-refractivity contribution in [2.24, 2.45) is 11.8 Å². The Morgan fingerprint density at radius 1 is 0.844 bits per heavy atom. The highest BCUT2D eigenvalue weighted by Gasteiger charge is 2.39. The number of hydrogen-bond acceptors (Lipinski definition) is 3. The highest BCUT2D eigenvalue weighted by atomic mass is 16.5. The van der Waals surface area contributed by atoms with Gasteiger partial charge in [0.2, 0.25) is 0 Å². The zero-order valence-electron chi connectivity index (χ0n) is 20.1. The highest BCUT2D eigenvalue weighted by Crippen LogP contribution is 2.40. The van der Waals surface area contributed by atoms with E-state index in [0.717, 1.165) is 18.8 Å². The zero-order valence-corrected chi connectivity index (χ0v) is 20.1. The molecule has 0 spiro atoms. The maximum atomic E-state index is 12.8. The normalized spacial score (nSPS) is 27.8. The van der Waals surface area contributed by atoms with E-state index < -0.39 is 0 Å². The van der Waals surface area contributed by atoms with Gasteiger partial charge in [0, 0.05) is 23.9 Å². The largest absolute Gasteiger partial charge is 0.459 e. The van der Waals surface area contributed by atoms with Crippen LogP contribution in [0.1, 0.15) is 88.1 Å². The number of carbonyl (C=O) groups excluding carboxylic acids is 1. The minimum absolute atomic E-state index is 0.0335. The van der Waals surface area contributed by atoms with E-state index in [1.165, 1.54) is 31.2 Å². The lowest BCUT2D eigenvalue weighted by Crippen LogP contribution is -2.59. The van der Waals surface area contributed by atoms with Crippen LogP contribution in [-0.2, 0) is 4.74 Å². The molecule has 0 bridgehead atoms. The minimum Gasteiger partial charge on any atom is -0.459 e. The van der Waals surface area contributed by atoms with Crippen molar-refractivity contribution in [3.63, 3.8) is 0 Å². The summed E-state index contributed by atoms with van der Waals surface area (Å²) in [6.07, 6.45) is 19.9. The number of hydrogen-bond donors (Lipinski definition) is 1. The third-order valence-corrected chi connectivity index (χ3v) is 7.36. The van der Waals surface area contributed by atoms with E-state index in [9.17, 15) is 4.79 Å². The van der Waals surface area contributed by atoms with Gasteiger partial charge >= 0.3 is 5.97 Å². The second-order valence-electron chi connectivity index (χ2n) is 11.3. The fraction of sp³-hybridized carbons (Fsp3) is 0.552. The van der Waals surface area contributed by atoms with Crippen LogP contribution in [0.15, 0.2) is 60.7 Å². The molecule has 1 saturated carbocycles. The average molecular weight is 434 g/mol. The number of carbonyl (C=O) groups is 1. The molecule has 0 amide bonds. The molecule has 3 heteroatoms. The molecule has 1 N–H and O–H groups in total. The maximum Gasteiger partial charge on any atom is 0.338 e. The van der Waals surface area contributed by atoms with Crippen molar-refractivity contribution in [2.45, 2.75) is 89.3 Å². The summed E-state index contributed by atoms with van der Waals surface area (Å²) in [7, 11) is 0. The Bertz CT molecular complexity index is 850. The molecular weight excluding hydrogens is 394 g/mol. The lowest BCUT2D eigenvalue weighted by molar-refractivity contribution is -0.00638. The van der Waals surface area contributed by atoms with Crippen LogP contribution in [0.25, 0.3) is 0 Å². The van der Waals surface area contributed by atoms with E-state index in [0.29, 0.717) is 17.4 Å². The first kappa shape index (κ1) is 23.0. The second-order valence-corrected chi connectivity index (χ2v) is 11.3. The monoisotopic (exact) mass is 433 g/mol. The van der Waals surface area contributed by atoms with Crippen molar-refractivity contribution in [1.29, 1.82) is 0 Å². The van der Waals surface area contributed by atoms with Gasteiger partial charge in [0.25, 0.3) is 0 Å². The van der Waals surface area contributed by atoms with Gasteiger partial charge in [-0.2, -0.15) is 0 Å². The predicted molar refractivity (Wildman–Crippen MR) is 132 cm³/mol. The molecule has 0 aromatic heterocycles. The first-order valence-electron chi connectivity index (χ1n) is 12.3. The zero-order chi connectivity index (χ0) is 22.8. The third kappa shape index (κ3) is 5.81. The SMILES string of the molecule is CC1(C)CC(OC(=O)c2ccc(C3CCC(C4C=CC=CC=C4)CC3)cc2)CC(C)(C)N1. The second kappa shape index (κ2) is 9.39. The van der Waals surface area contributed by atoms with Crippen molar-refractivity contribution in [1.82, 2.24) is 5.32 Å². The number of nitrogens with one attached hydrogen (secondary N) is 1. The van der Waals surface area contributed by atoms with Gasteiger partial charge in [-0.1, -0.05) is 48.6 Å². The van der Waals surface area contributed by atoms with Gasteiger partial charge in [-0.3, -0.25) is 0 Å². The molecule has 1 saturated heterocycles. The van der Waals surface area contributed by atoms with Gasteiger partial charge in [-0.25, -0.2) is 4.79 Å².